The lowest BCUT2D eigenvalue weighted by Crippen LogP contribution is -2.41. The minimum absolute atomic E-state index is 0.519. The van der Waals surface area contributed by atoms with Crippen LogP contribution in [0.15, 0.2) is 24.3 Å². The topological polar surface area (TPSA) is 15.3 Å². The number of nitrogens with one attached hydrogen (secondary N) is 1. The second kappa shape index (κ2) is 5.64. The lowest BCUT2D eigenvalue weighted by Gasteiger charge is -2.33. The molecule has 1 fully saturated rings. The van der Waals surface area contributed by atoms with Crippen molar-refractivity contribution in [2.75, 3.05) is 31.6 Å². The molecule has 2 aliphatic heterocycles. The largest absolute Gasteiger partial charge is 0.309 e. The summed E-state index contributed by atoms with van der Waals surface area (Å²) in [5.41, 5.74) is 3.05. The Morgan fingerprint density at radius 3 is 3.11 bits per heavy atom. The molecule has 0 aromatic heterocycles. The van der Waals surface area contributed by atoms with Gasteiger partial charge >= 0.3 is 0 Å². The van der Waals surface area contributed by atoms with E-state index in [0.717, 1.165) is 19.1 Å². The Bertz CT molecular complexity index is 401. The summed E-state index contributed by atoms with van der Waals surface area (Å²) in [5.74, 6) is 2.65. The van der Waals surface area contributed by atoms with E-state index in [4.69, 9.17) is 0 Å². The van der Waals surface area contributed by atoms with Gasteiger partial charge in [-0.15, -0.1) is 0 Å². The van der Waals surface area contributed by atoms with Crippen molar-refractivity contribution >= 4 is 11.8 Å². The molecule has 1 aromatic rings. The molecule has 3 rings (SSSR count). The number of fused-ring (bicyclic) bond motifs is 1. The Morgan fingerprint density at radius 2 is 2.28 bits per heavy atom. The number of thioether (sulfide) groups is 1. The third-order valence-electron chi connectivity index (χ3n) is 4.22. The minimum atomic E-state index is 0.519. The van der Waals surface area contributed by atoms with Crippen LogP contribution in [-0.4, -0.2) is 42.6 Å². The van der Waals surface area contributed by atoms with Gasteiger partial charge in [-0.05, 0) is 43.3 Å². The van der Waals surface area contributed by atoms with Gasteiger partial charge in [0.15, 0.2) is 0 Å². The second-order valence-electron chi connectivity index (χ2n) is 5.41. The van der Waals surface area contributed by atoms with Gasteiger partial charge in [0.25, 0.3) is 0 Å². The van der Waals surface area contributed by atoms with Crippen LogP contribution in [0.4, 0.5) is 0 Å². The van der Waals surface area contributed by atoms with Crippen molar-refractivity contribution in [2.24, 2.45) is 0 Å². The molecule has 1 saturated heterocycles. The lowest BCUT2D eigenvalue weighted by atomic mass is 9.94. The van der Waals surface area contributed by atoms with Crippen molar-refractivity contribution in [1.29, 1.82) is 0 Å². The fraction of sp³-hybridized carbons (Fsp3) is 0.600. The number of likely N-dealkylation sites (N-methyl/N-ethyl adjacent to an activating group) is 1. The summed E-state index contributed by atoms with van der Waals surface area (Å²) < 4.78 is 0. The van der Waals surface area contributed by atoms with Gasteiger partial charge in [0.1, 0.15) is 0 Å². The molecule has 1 aromatic carbocycles. The number of hydrogen-bond acceptors (Lipinski definition) is 3. The van der Waals surface area contributed by atoms with Crippen LogP contribution in [0.2, 0.25) is 0 Å². The van der Waals surface area contributed by atoms with E-state index < -0.39 is 0 Å². The van der Waals surface area contributed by atoms with Crippen molar-refractivity contribution in [3.05, 3.63) is 35.4 Å². The predicted molar refractivity (Wildman–Crippen MR) is 79.2 cm³/mol. The maximum atomic E-state index is 3.68. The molecule has 0 amide bonds. The molecule has 1 N–H and O–H groups in total. The van der Waals surface area contributed by atoms with E-state index in [1.54, 1.807) is 0 Å². The van der Waals surface area contributed by atoms with E-state index in [1.165, 1.54) is 35.5 Å². The normalized spacial score (nSPS) is 27.4. The molecule has 98 valence electrons. The van der Waals surface area contributed by atoms with Gasteiger partial charge in [-0.2, -0.15) is 11.8 Å². The zero-order valence-corrected chi connectivity index (χ0v) is 11.9. The number of benzene rings is 1. The minimum Gasteiger partial charge on any atom is -0.309 e. The van der Waals surface area contributed by atoms with Crippen molar-refractivity contribution in [3.8, 4) is 0 Å². The summed E-state index contributed by atoms with van der Waals surface area (Å²) in [5, 5.41) is 3.68. The van der Waals surface area contributed by atoms with Gasteiger partial charge in [0.05, 0.1) is 0 Å². The van der Waals surface area contributed by atoms with Crippen LogP contribution in [0.1, 0.15) is 23.6 Å². The van der Waals surface area contributed by atoms with Crippen LogP contribution in [-0.2, 0) is 6.42 Å². The molecule has 2 nitrogen and oxygen atoms in total. The maximum Gasteiger partial charge on any atom is 0.0452 e. The van der Waals surface area contributed by atoms with Gasteiger partial charge < -0.3 is 10.2 Å². The Labute approximate surface area is 114 Å². The van der Waals surface area contributed by atoms with E-state index in [0.29, 0.717) is 6.04 Å². The lowest BCUT2D eigenvalue weighted by molar-refractivity contribution is 0.230. The Hall–Kier alpha value is -0.510. The highest BCUT2D eigenvalue weighted by Crippen LogP contribution is 2.26. The van der Waals surface area contributed by atoms with E-state index in [1.807, 2.05) is 0 Å². The molecule has 2 atom stereocenters. The monoisotopic (exact) mass is 262 g/mol. The molecule has 2 unspecified atom stereocenters. The highest BCUT2D eigenvalue weighted by Gasteiger charge is 2.25. The summed E-state index contributed by atoms with van der Waals surface area (Å²) in [6, 6.07) is 10.2. The molecule has 0 radical (unpaired) electrons. The highest BCUT2D eigenvalue weighted by molar-refractivity contribution is 7.99. The highest BCUT2D eigenvalue weighted by atomic mass is 32.2. The molecular formula is C15H22N2S. The Morgan fingerprint density at radius 1 is 1.39 bits per heavy atom. The summed E-state index contributed by atoms with van der Waals surface area (Å²) in [7, 11) is 2.29. The third kappa shape index (κ3) is 2.58. The molecule has 3 heteroatoms. The molecule has 0 aliphatic carbocycles. The average molecular weight is 262 g/mol. The summed E-state index contributed by atoms with van der Waals surface area (Å²) in [6.45, 7) is 2.26. The molecular weight excluding hydrogens is 240 g/mol. The quantitative estimate of drug-likeness (QED) is 0.900. The summed E-state index contributed by atoms with van der Waals surface area (Å²) in [4.78, 5) is 2.56. The Kier molecular flexibility index (Phi) is 3.92. The van der Waals surface area contributed by atoms with Crippen LogP contribution in [0, 0.1) is 0 Å². The zero-order chi connectivity index (χ0) is 12.4. The summed E-state index contributed by atoms with van der Waals surface area (Å²) >= 11 is 2.10. The van der Waals surface area contributed by atoms with Crippen molar-refractivity contribution in [2.45, 2.75) is 24.9 Å². The fourth-order valence-electron chi connectivity index (χ4n) is 3.06. The Balaban J connectivity index is 1.70. The summed E-state index contributed by atoms with van der Waals surface area (Å²) in [6.07, 6.45) is 2.53. The molecule has 2 heterocycles. The smallest absolute Gasteiger partial charge is 0.0452 e. The maximum absolute atomic E-state index is 3.68. The molecule has 2 aliphatic rings. The molecule has 18 heavy (non-hydrogen) atoms. The predicted octanol–water partition coefficient (Wildman–Crippen LogP) is 2.31. The van der Waals surface area contributed by atoms with Crippen molar-refractivity contribution < 1.29 is 0 Å². The first kappa shape index (κ1) is 12.5. The first-order valence-corrected chi connectivity index (χ1v) is 8.09. The standard InChI is InChI=1S/C15H22N2S/c1-17(13-7-9-18-11-13)10-15-14-5-3-2-4-12(14)6-8-16-15/h2-5,13,15-16H,6-11H2,1H3. The second-order valence-corrected chi connectivity index (χ2v) is 6.56. The molecule has 0 spiro atoms. The van der Waals surface area contributed by atoms with Crippen molar-refractivity contribution in [1.82, 2.24) is 10.2 Å². The van der Waals surface area contributed by atoms with Gasteiger partial charge in [-0.25, -0.2) is 0 Å². The zero-order valence-electron chi connectivity index (χ0n) is 11.1. The SMILES string of the molecule is CN(CC1NCCc2ccccc21)C1CCSC1. The van der Waals surface area contributed by atoms with Crippen LogP contribution in [0.3, 0.4) is 0 Å². The number of rotatable bonds is 3. The van der Waals surface area contributed by atoms with Crippen LogP contribution >= 0.6 is 11.8 Å². The molecule has 0 saturated carbocycles. The van der Waals surface area contributed by atoms with Crippen LogP contribution < -0.4 is 5.32 Å². The third-order valence-corrected chi connectivity index (χ3v) is 5.36. The fourth-order valence-corrected chi connectivity index (χ4v) is 4.36. The number of nitrogens with zero attached hydrogens (tertiary/aromatic N) is 1. The van der Waals surface area contributed by atoms with E-state index in [9.17, 15) is 0 Å². The van der Waals surface area contributed by atoms with E-state index in [2.05, 4.69) is 53.3 Å². The van der Waals surface area contributed by atoms with Crippen molar-refractivity contribution in [3.63, 3.8) is 0 Å². The van der Waals surface area contributed by atoms with Gasteiger partial charge in [-0.1, -0.05) is 24.3 Å². The van der Waals surface area contributed by atoms with Crippen LogP contribution in [0.25, 0.3) is 0 Å². The van der Waals surface area contributed by atoms with Crippen LogP contribution in [0.5, 0.6) is 0 Å². The van der Waals surface area contributed by atoms with Gasteiger partial charge in [0.2, 0.25) is 0 Å². The average Bonchev–Trinajstić information content (AvgIpc) is 2.93. The number of hydrogen-bond donors (Lipinski definition) is 1. The van der Waals surface area contributed by atoms with Gasteiger partial charge in [-0.3, -0.25) is 0 Å². The first-order valence-electron chi connectivity index (χ1n) is 6.94. The van der Waals surface area contributed by atoms with E-state index in [-0.39, 0.29) is 0 Å². The first-order chi connectivity index (χ1) is 8.84. The van der Waals surface area contributed by atoms with E-state index >= 15 is 0 Å². The van der Waals surface area contributed by atoms with Gasteiger partial charge in [0, 0.05) is 24.4 Å². The molecule has 0 bridgehead atoms.